The van der Waals surface area contributed by atoms with Crippen LogP contribution in [-0.4, -0.2) is 30.7 Å². The van der Waals surface area contributed by atoms with E-state index in [2.05, 4.69) is 5.32 Å². The normalized spacial score (nSPS) is 17.1. The number of aliphatic hydroxyl groups excluding tert-OH is 1. The van der Waals surface area contributed by atoms with Crippen molar-refractivity contribution >= 4 is 24.0 Å². The van der Waals surface area contributed by atoms with Crippen LogP contribution in [0.25, 0.3) is 0 Å². The van der Waals surface area contributed by atoms with Crippen LogP contribution in [0, 0.1) is 17.5 Å². The minimum Gasteiger partial charge on any atom is -0.389 e. The van der Waals surface area contributed by atoms with Gasteiger partial charge in [-0.3, -0.25) is 9.69 Å². The summed E-state index contributed by atoms with van der Waals surface area (Å²) in [5.41, 5.74) is -0.763. The Hall–Kier alpha value is -2.09. The molecule has 0 fully saturated rings. The van der Waals surface area contributed by atoms with Gasteiger partial charge in [-0.05, 0) is 50.2 Å². The third-order valence-electron chi connectivity index (χ3n) is 4.94. The maximum atomic E-state index is 14.7. The van der Waals surface area contributed by atoms with Crippen molar-refractivity contribution < 1.29 is 23.1 Å². The first-order valence-corrected chi connectivity index (χ1v) is 8.59. The number of benzene rings is 2. The van der Waals surface area contributed by atoms with Crippen molar-refractivity contribution in [2.75, 3.05) is 18.5 Å². The number of aliphatic hydroxyl groups is 1. The van der Waals surface area contributed by atoms with Crippen molar-refractivity contribution in [1.29, 1.82) is 0 Å². The van der Waals surface area contributed by atoms with Crippen LogP contribution in [0.1, 0.15) is 31.0 Å². The molecule has 0 radical (unpaired) electrons. The second-order valence-electron chi connectivity index (χ2n) is 7.21. The van der Waals surface area contributed by atoms with Crippen molar-refractivity contribution in [2.24, 2.45) is 0 Å². The van der Waals surface area contributed by atoms with Crippen LogP contribution in [0.5, 0.6) is 0 Å². The maximum absolute atomic E-state index is 14.7. The van der Waals surface area contributed by atoms with Gasteiger partial charge in [0, 0.05) is 12.6 Å². The monoisotopic (exact) mass is 414 g/mol. The summed E-state index contributed by atoms with van der Waals surface area (Å²) < 4.78 is 42.3. The van der Waals surface area contributed by atoms with Crippen molar-refractivity contribution in [3.05, 3.63) is 65.0 Å². The summed E-state index contributed by atoms with van der Waals surface area (Å²) in [4.78, 5) is 14.3. The smallest absolute Gasteiger partial charge is 0.237 e. The van der Waals surface area contributed by atoms with Gasteiger partial charge in [0.25, 0.3) is 0 Å². The number of halogens is 4. The van der Waals surface area contributed by atoms with E-state index in [0.717, 1.165) is 11.0 Å². The van der Waals surface area contributed by atoms with Crippen molar-refractivity contribution in [3.63, 3.8) is 0 Å². The molecule has 0 unspecified atom stereocenters. The van der Waals surface area contributed by atoms with E-state index in [-0.39, 0.29) is 30.2 Å². The van der Waals surface area contributed by atoms with Crippen molar-refractivity contribution in [3.8, 4) is 0 Å². The Kier molecular flexibility index (Phi) is 6.43. The van der Waals surface area contributed by atoms with Gasteiger partial charge < -0.3 is 10.4 Å². The van der Waals surface area contributed by atoms with Gasteiger partial charge in [-0.25, -0.2) is 13.2 Å². The van der Waals surface area contributed by atoms with Gasteiger partial charge in [-0.15, -0.1) is 12.4 Å². The Morgan fingerprint density at radius 2 is 1.82 bits per heavy atom. The largest absolute Gasteiger partial charge is 0.389 e. The lowest BCUT2D eigenvalue weighted by atomic mass is 9.86. The second kappa shape index (κ2) is 8.11. The number of hydrogen-bond acceptors (Lipinski definition) is 3. The number of hydrogen-bond donors (Lipinski definition) is 2. The van der Waals surface area contributed by atoms with Crippen LogP contribution in [0.4, 0.5) is 18.9 Å². The Morgan fingerprint density at radius 3 is 2.43 bits per heavy atom. The number of anilines is 1. The molecule has 0 bridgehead atoms. The average molecular weight is 415 g/mol. The van der Waals surface area contributed by atoms with E-state index in [9.17, 15) is 23.1 Å². The van der Waals surface area contributed by atoms with Gasteiger partial charge in [-0.1, -0.05) is 12.1 Å². The average Bonchev–Trinajstić information content (AvgIpc) is 2.77. The molecule has 2 atom stereocenters. The lowest BCUT2D eigenvalue weighted by molar-refractivity contribution is -0.123. The number of likely N-dealkylation sites (N-methyl/N-ethyl adjacent to an activating group) is 1. The highest BCUT2D eigenvalue weighted by atomic mass is 35.5. The van der Waals surface area contributed by atoms with Crippen LogP contribution in [0.15, 0.2) is 36.4 Å². The summed E-state index contributed by atoms with van der Waals surface area (Å²) in [7, 11) is 1.62. The Labute approximate surface area is 167 Å². The highest BCUT2D eigenvalue weighted by Crippen LogP contribution is 2.47. The summed E-state index contributed by atoms with van der Waals surface area (Å²) >= 11 is 0. The summed E-state index contributed by atoms with van der Waals surface area (Å²) in [5.74, 6) is -2.72. The van der Waals surface area contributed by atoms with Gasteiger partial charge in [0.15, 0.2) is 0 Å². The van der Waals surface area contributed by atoms with Gasteiger partial charge in [0.05, 0.1) is 23.2 Å². The molecule has 3 rings (SSSR count). The van der Waals surface area contributed by atoms with Gasteiger partial charge >= 0.3 is 0 Å². The van der Waals surface area contributed by atoms with Crippen molar-refractivity contribution in [1.82, 2.24) is 5.32 Å². The SMILES string of the molecule is CNC[C@@H](O)[C@H](c1cccc(F)c1)N1C(=O)C(C)(C)c2cc(F)cc(F)c21.Cl. The standard InChI is InChI=1S/C20H21F3N2O2.ClH/c1-20(2)14-8-13(22)9-15(23)18(14)25(19(20)27)17(16(26)10-24-3)11-5-4-6-12(21)7-11;/h4-9,16-17,24,26H,10H2,1-3H3;1H/t16-,17+;/m1./s1. The fourth-order valence-corrected chi connectivity index (χ4v) is 3.63. The molecule has 0 spiro atoms. The number of rotatable bonds is 5. The molecule has 4 nitrogen and oxygen atoms in total. The summed E-state index contributed by atoms with van der Waals surface area (Å²) in [6, 6.07) is 6.25. The van der Waals surface area contributed by atoms with Crippen molar-refractivity contribution in [2.45, 2.75) is 31.4 Å². The Morgan fingerprint density at radius 1 is 1.14 bits per heavy atom. The summed E-state index contributed by atoms with van der Waals surface area (Å²) in [6.45, 7) is 3.23. The van der Waals surface area contributed by atoms with Crippen LogP contribution in [0.3, 0.4) is 0 Å². The molecule has 2 aromatic carbocycles. The lowest BCUT2D eigenvalue weighted by Crippen LogP contribution is -2.45. The number of fused-ring (bicyclic) bond motifs is 1. The molecule has 1 aliphatic heterocycles. The Balaban J connectivity index is 0.00000280. The number of amides is 1. The maximum Gasteiger partial charge on any atom is 0.237 e. The molecule has 0 saturated carbocycles. The van der Waals surface area contributed by atoms with E-state index < -0.39 is 40.9 Å². The first kappa shape index (κ1) is 22.2. The summed E-state index contributed by atoms with van der Waals surface area (Å²) in [6.07, 6.45) is -1.15. The topological polar surface area (TPSA) is 52.6 Å². The molecule has 1 aliphatic rings. The first-order valence-electron chi connectivity index (χ1n) is 8.59. The van der Waals surface area contributed by atoms with Crippen LogP contribution < -0.4 is 10.2 Å². The predicted molar refractivity (Wildman–Crippen MR) is 103 cm³/mol. The molecule has 0 aromatic heterocycles. The van der Waals surface area contributed by atoms with E-state index in [1.54, 1.807) is 27.0 Å². The molecule has 28 heavy (non-hydrogen) atoms. The minimum absolute atomic E-state index is 0. The fourth-order valence-electron chi connectivity index (χ4n) is 3.63. The van der Waals surface area contributed by atoms with E-state index in [1.165, 1.54) is 18.2 Å². The quantitative estimate of drug-likeness (QED) is 0.787. The number of nitrogens with one attached hydrogen (secondary N) is 1. The zero-order chi connectivity index (χ0) is 19.9. The zero-order valence-corrected chi connectivity index (χ0v) is 16.5. The number of carbonyl (C=O) groups excluding carboxylic acids is 1. The molecule has 2 N–H and O–H groups in total. The number of nitrogens with zero attached hydrogens (tertiary/aromatic N) is 1. The van der Waals surface area contributed by atoms with E-state index in [4.69, 9.17) is 0 Å². The van der Waals surface area contributed by atoms with Gasteiger partial charge in [0.1, 0.15) is 17.5 Å². The fraction of sp³-hybridized carbons (Fsp3) is 0.350. The van der Waals surface area contributed by atoms with Crippen LogP contribution >= 0.6 is 12.4 Å². The Bertz CT molecular complexity index is 892. The molecule has 1 amide bonds. The third-order valence-corrected chi connectivity index (χ3v) is 4.94. The molecular weight excluding hydrogens is 393 g/mol. The third kappa shape index (κ3) is 3.62. The molecule has 2 aromatic rings. The van der Waals surface area contributed by atoms with E-state index in [1.807, 2.05) is 0 Å². The first-order chi connectivity index (χ1) is 12.7. The molecule has 152 valence electrons. The molecular formula is C20H22ClF3N2O2. The minimum atomic E-state index is -1.19. The van der Waals surface area contributed by atoms with Gasteiger partial charge in [-0.2, -0.15) is 0 Å². The lowest BCUT2D eigenvalue weighted by Gasteiger charge is -2.34. The highest BCUT2D eigenvalue weighted by molar-refractivity contribution is 6.08. The van der Waals surface area contributed by atoms with Gasteiger partial charge in [0.2, 0.25) is 5.91 Å². The molecule has 1 heterocycles. The van der Waals surface area contributed by atoms with Crippen LogP contribution in [-0.2, 0) is 10.2 Å². The second-order valence-corrected chi connectivity index (χ2v) is 7.21. The highest BCUT2D eigenvalue weighted by Gasteiger charge is 2.50. The molecule has 0 aliphatic carbocycles. The number of carbonyl (C=O) groups is 1. The zero-order valence-electron chi connectivity index (χ0n) is 15.7. The van der Waals surface area contributed by atoms with E-state index in [0.29, 0.717) is 11.6 Å². The van der Waals surface area contributed by atoms with E-state index >= 15 is 0 Å². The van der Waals surface area contributed by atoms with Crippen LogP contribution in [0.2, 0.25) is 0 Å². The predicted octanol–water partition coefficient (Wildman–Crippen LogP) is 3.47. The molecule has 8 heteroatoms. The summed E-state index contributed by atoms with van der Waals surface area (Å²) in [5, 5.41) is 13.5. The molecule has 0 saturated heterocycles.